The van der Waals surface area contributed by atoms with Crippen LogP contribution in [0.1, 0.15) is 11.1 Å². The van der Waals surface area contributed by atoms with Gasteiger partial charge in [-0.1, -0.05) is 66.4 Å². The Labute approximate surface area is 208 Å². The molecule has 36 heavy (non-hydrogen) atoms. The Morgan fingerprint density at radius 3 is 2.33 bits per heavy atom. The number of esters is 1. The number of anilines is 1. The fraction of sp³-hybridized carbons (Fsp3) is 0.154. The Morgan fingerprint density at radius 2 is 1.67 bits per heavy atom. The first kappa shape index (κ1) is 23.8. The molecule has 0 aliphatic carbocycles. The van der Waals surface area contributed by atoms with E-state index >= 15 is 13.2 Å². The Morgan fingerprint density at radius 1 is 1.00 bits per heavy atom. The first-order valence-electron chi connectivity index (χ1n) is 10.8. The summed E-state index contributed by atoms with van der Waals surface area (Å²) in [5.41, 5.74) is -2.81. The number of ether oxygens (including phenoxy) is 2. The second kappa shape index (κ2) is 8.94. The van der Waals surface area contributed by atoms with Crippen LogP contribution in [0.15, 0.2) is 94.4 Å². The molecule has 0 unspecified atom stereocenters. The van der Waals surface area contributed by atoms with E-state index in [0.717, 1.165) is 16.7 Å². The van der Waals surface area contributed by atoms with Crippen LogP contribution in [0.2, 0.25) is 0 Å². The number of hydrogen-bond donors (Lipinski definition) is 1. The molecule has 0 spiro atoms. The van der Waals surface area contributed by atoms with E-state index in [1.54, 1.807) is 48.5 Å². The molecule has 1 atom stereocenters. The Balaban J connectivity index is 1.66. The number of nitrogens with zero attached hydrogens (tertiary/aromatic N) is 1. The van der Waals surface area contributed by atoms with Crippen molar-refractivity contribution >= 4 is 29.3 Å². The van der Waals surface area contributed by atoms with Crippen LogP contribution in [0, 0.1) is 0 Å². The molecule has 0 saturated carbocycles. The lowest BCUT2D eigenvalue weighted by Crippen LogP contribution is -2.68. The van der Waals surface area contributed by atoms with Crippen LogP contribution >= 0.6 is 11.8 Å². The number of benzene rings is 3. The van der Waals surface area contributed by atoms with E-state index in [2.05, 4.69) is 5.32 Å². The third kappa shape index (κ3) is 3.78. The third-order valence-corrected chi connectivity index (χ3v) is 7.07. The summed E-state index contributed by atoms with van der Waals surface area (Å²) >= 11 is 0.922. The summed E-state index contributed by atoms with van der Waals surface area (Å²) in [6.07, 6.45) is -4.97. The van der Waals surface area contributed by atoms with Gasteiger partial charge in [0.05, 0.1) is 12.8 Å². The summed E-state index contributed by atoms with van der Waals surface area (Å²) in [6, 6.07) is 20.5. The number of halogens is 3. The Hall–Kier alpha value is -3.92. The van der Waals surface area contributed by atoms with Crippen molar-refractivity contribution in [3.05, 3.63) is 101 Å². The molecule has 10 heteroatoms. The number of fused-ring (bicyclic) bond motifs is 3. The highest BCUT2D eigenvalue weighted by Gasteiger charge is 2.66. The maximum absolute atomic E-state index is 15.0. The van der Waals surface area contributed by atoms with Crippen LogP contribution < -0.4 is 15.0 Å². The smallest absolute Gasteiger partial charge is 0.435 e. The molecule has 6 nitrogen and oxygen atoms in total. The quantitative estimate of drug-likeness (QED) is 0.379. The van der Waals surface area contributed by atoms with Crippen LogP contribution in [0.4, 0.5) is 18.9 Å². The Bertz CT molecular complexity index is 1360. The molecule has 0 fully saturated rings. The summed E-state index contributed by atoms with van der Waals surface area (Å²) in [7, 11) is 1.40. The van der Waals surface area contributed by atoms with Gasteiger partial charge in [-0.25, -0.2) is 4.79 Å². The fourth-order valence-corrected chi connectivity index (χ4v) is 5.46. The monoisotopic (exact) mass is 512 g/mol. The van der Waals surface area contributed by atoms with Gasteiger partial charge in [-0.2, -0.15) is 13.2 Å². The van der Waals surface area contributed by atoms with Gasteiger partial charge in [-0.3, -0.25) is 9.69 Å². The minimum atomic E-state index is -4.97. The number of hydrogen-bond acceptors (Lipinski definition) is 6. The summed E-state index contributed by atoms with van der Waals surface area (Å²) < 4.78 is 55.5. The molecule has 2 aliphatic rings. The van der Waals surface area contributed by atoms with E-state index in [1.165, 1.54) is 37.4 Å². The average molecular weight is 513 g/mol. The minimum absolute atomic E-state index is 0.135. The molecule has 0 aromatic heterocycles. The van der Waals surface area contributed by atoms with E-state index in [-0.39, 0.29) is 22.9 Å². The second-order valence-electron chi connectivity index (χ2n) is 8.04. The largest absolute Gasteiger partial charge is 0.497 e. The van der Waals surface area contributed by atoms with Crippen LogP contribution in [0.25, 0.3) is 0 Å². The molecule has 5 rings (SSSR count). The van der Waals surface area contributed by atoms with Gasteiger partial charge in [-0.15, -0.1) is 0 Å². The van der Waals surface area contributed by atoms with Crippen molar-refractivity contribution in [2.24, 2.45) is 0 Å². The van der Waals surface area contributed by atoms with Gasteiger partial charge in [0.15, 0.2) is 5.57 Å². The molecule has 3 aromatic rings. The second-order valence-corrected chi connectivity index (χ2v) is 9.07. The lowest BCUT2D eigenvalue weighted by molar-refractivity contribution is -0.202. The normalized spacial score (nSPS) is 18.9. The van der Waals surface area contributed by atoms with Gasteiger partial charge in [0.25, 0.3) is 5.91 Å². The number of carbonyl (C=O) groups is 2. The molecular weight excluding hydrogens is 493 g/mol. The molecule has 184 valence electrons. The molecule has 2 aliphatic heterocycles. The summed E-state index contributed by atoms with van der Waals surface area (Å²) in [5.74, 6) is -1.83. The van der Waals surface area contributed by atoms with Crippen molar-refractivity contribution in [3.63, 3.8) is 0 Å². The van der Waals surface area contributed by atoms with E-state index in [4.69, 9.17) is 9.47 Å². The standard InChI is InChI=1S/C26H19F3N2O4S/c1-34-18-13-11-17(12-14-18)25(26(27,28)29)30-22(32)21(24(33)35-15-16-7-3-2-4-8-16)23-31(25)19-9-5-6-10-20(19)36-23/h2-14H,15H2,1H3,(H,30,32)/t25-/m0/s1. The van der Waals surface area contributed by atoms with Gasteiger partial charge in [-0.05, 0) is 29.8 Å². The van der Waals surface area contributed by atoms with Crippen molar-refractivity contribution in [2.75, 3.05) is 12.0 Å². The van der Waals surface area contributed by atoms with Crippen molar-refractivity contribution in [1.82, 2.24) is 5.32 Å². The van der Waals surface area contributed by atoms with E-state index in [1.807, 2.05) is 0 Å². The first-order chi connectivity index (χ1) is 17.3. The average Bonchev–Trinajstić information content (AvgIpc) is 3.26. The zero-order valence-electron chi connectivity index (χ0n) is 18.8. The van der Waals surface area contributed by atoms with E-state index < -0.39 is 29.3 Å². The SMILES string of the molecule is COc1ccc([C@]2(C(F)(F)F)NC(=O)C(C(=O)OCc3ccccc3)=C3Sc4ccccc4N32)cc1. The minimum Gasteiger partial charge on any atom is -0.497 e. The summed E-state index contributed by atoms with van der Waals surface area (Å²) in [5, 5.41) is 1.97. The van der Waals surface area contributed by atoms with Crippen LogP contribution in [-0.4, -0.2) is 25.2 Å². The van der Waals surface area contributed by atoms with Gasteiger partial charge >= 0.3 is 12.1 Å². The molecule has 0 saturated heterocycles. The number of alkyl halides is 3. The van der Waals surface area contributed by atoms with Crippen molar-refractivity contribution in [2.45, 2.75) is 23.3 Å². The molecular formula is C26H19F3N2O4S. The zero-order valence-corrected chi connectivity index (χ0v) is 19.7. The van der Waals surface area contributed by atoms with Gasteiger partial charge in [0, 0.05) is 10.5 Å². The van der Waals surface area contributed by atoms with Crippen molar-refractivity contribution in [1.29, 1.82) is 0 Å². The maximum atomic E-state index is 15.0. The Kier molecular flexibility index (Phi) is 5.91. The lowest BCUT2D eigenvalue weighted by atomic mass is 9.92. The predicted molar refractivity (Wildman–Crippen MR) is 127 cm³/mol. The highest BCUT2D eigenvalue weighted by atomic mass is 32.2. The maximum Gasteiger partial charge on any atom is 0.435 e. The van der Waals surface area contributed by atoms with Crippen molar-refractivity contribution < 1.29 is 32.2 Å². The predicted octanol–water partition coefficient (Wildman–Crippen LogP) is 5.11. The van der Waals surface area contributed by atoms with Crippen LogP contribution in [-0.2, 0) is 26.6 Å². The van der Waals surface area contributed by atoms with E-state index in [9.17, 15) is 9.59 Å². The topological polar surface area (TPSA) is 67.9 Å². The van der Waals surface area contributed by atoms with Gasteiger partial charge in [0.1, 0.15) is 17.4 Å². The van der Waals surface area contributed by atoms with Gasteiger partial charge in [0.2, 0.25) is 5.66 Å². The highest BCUT2D eigenvalue weighted by molar-refractivity contribution is 8.03. The fourth-order valence-electron chi connectivity index (χ4n) is 4.23. The molecule has 0 radical (unpaired) electrons. The summed E-state index contributed by atoms with van der Waals surface area (Å²) in [4.78, 5) is 27.8. The lowest BCUT2D eigenvalue weighted by Gasteiger charge is -2.47. The molecule has 1 amide bonds. The number of rotatable bonds is 5. The van der Waals surface area contributed by atoms with Crippen LogP contribution in [0.3, 0.4) is 0 Å². The zero-order chi connectivity index (χ0) is 25.5. The molecule has 3 aromatic carbocycles. The number of thioether (sulfide) groups is 1. The molecule has 2 heterocycles. The molecule has 1 N–H and O–H groups in total. The molecule has 0 bridgehead atoms. The van der Waals surface area contributed by atoms with E-state index in [0.29, 0.717) is 16.2 Å². The number of amides is 1. The first-order valence-corrected chi connectivity index (χ1v) is 11.6. The number of nitrogens with one attached hydrogen (secondary N) is 1. The number of methoxy groups -OCH3 is 1. The van der Waals surface area contributed by atoms with Crippen LogP contribution in [0.5, 0.6) is 5.75 Å². The number of carbonyl (C=O) groups excluding carboxylic acids is 2. The summed E-state index contributed by atoms with van der Waals surface area (Å²) in [6.45, 7) is -0.135. The van der Waals surface area contributed by atoms with Crippen molar-refractivity contribution in [3.8, 4) is 5.75 Å². The third-order valence-electron chi connectivity index (χ3n) is 5.92. The van der Waals surface area contributed by atoms with Gasteiger partial charge < -0.3 is 14.8 Å². The number of para-hydroxylation sites is 1. The highest BCUT2D eigenvalue weighted by Crippen LogP contribution is 2.58.